The van der Waals surface area contributed by atoms with Crippen molar-refractivity contribution in [3.63, 3.8) is 0 Å². The minimum absolute atomic E-state index is 0.0889. The van der Waals surface area contributed by atoms with Crippen LogP contribution in [0.2, 0.25) is 0 Å². The molecule has 0 saturated heterocycles. The van der Waals surface area contributed by atoms with E-state index in [0.29, 0.717) is 6.42 Å². The highest BCUT2D eigenvalue weighted by molar-refractivity contribution is 7.78. The first-order chi connectivity index (χ1) is 8.81. The number of carbonyl (C=O) groups is 1. The fraction of sp³-hybridized carbons (Fsp3) is 0.857. The molecule has 0 rings (SSSR count). The second-order valence-corrected chi connectivity index (χ2v) is 4.66. The Balaban J connectivity index is 3.03. The number of rotatable bonds is 12. The van der Waals surface area contributed by atoms with Gasteiger partial charge in [-0.15, -0.1) is 0 Å². The SMILES string of the molecule is COC(=O)CCCCCCCCCCCN=C=S. The van der Waals surface area contributed by atoms with E-state index in [-0.39, 0.29) is 5.97 Å². The van der Waals surface area contributed by atoms with Crippen LogP contribution in [0.25, 0.3) is 0 Å². The second kappa shape index (κ2) is 14.3. The number of hydrogen-bond donors (Lipinski definition) is 0. The van der Waals surface area contributed by atoms with Crippen LogP contribution in [0.1, 0.15) is 64.2 Å². The normalized spacial score (nSPS) is 9.83. The van der Waals surface area contributed by atoms with Gasteiger partial charge in [0.05, 0.1) is 12.3 Å². The molecule has 0 radical (unpaired) electrons. The number of carbonyl (C=O) groups excluding carboxylic acids is 1. The molecule has 18 heavy (non-hydrogen) atoms. The zero-order valence-corrected chi connectivity index (χ0v) is 12.3. The van der Waals surface area contributed by atoms with Crippen molar-refractivity contribution < 1.29 is 9.53 Å². The molecule has 0 fully saturated rings. The highest BCUT2D eigenvalue weighted by atomic mass is 32.1. The quantitative estimate of drug-likeness (QED) is 0.231. The number of esters is 1. The molecule has 0 aliphatic rings. The minimum Gasteiger partial charge on any atom is -0.469 e. The molecule has 0 spiro atoms. The lowest BCUT2D eigenvalue weighted by Gasteiger charge is -2.01. The first kappa shape index (κ1) is 17.3. The summed E-state index contributed by atoms with van der Waals surface area (Å²) in [4.78, 5) is 14.7. The predicted octanol–water partition coefficient (Wildman–Crippen LogP) is 4.16. The van der Waals surface area contributed by atoms with Crippen LogP contribution < -0.4 is 0 Å². The molecule has 4 heteroatoms. The van der Waals surface area contributed by atoms with Gasteiger partial charge in [0, 0.05) is 13.0 Å². The third-order valence-corrected chi connectivity index (χ3v) is 3.07. The fourth-order valence-corrected chi connectivity index (χ4v) is 1.94. The Labute approximate surface area is 116 Å². The summed E-state index contributed by atoms with van der Waals surface area (Å²) in [5.74, 6) is -0.0889. The summed E-state index contributed by atoms with van der Waals surface area (Å²) in [5, 5.41) is 2.39. The van der Waals surface area contributed by atoms with Gasteiger partial charge in [0.15, 0.2) is 0 Å². The summed E-state index contributed by atoms with van der Waals surface area (Å²) in [6, 6.07) is 0. The van der Waals surface area contributed by atoms with Gasteiger partial charge >= 0.3 is 5.97 Å². The Kier molecular flexibility index (Phi) is 13.8. The van der Waals surface area contributed by atoms with Gasteiger partial charge in [0.25, 0.3) is 0 Å². The summed E-state index contributed by atoms with van der Waals surface area (Å²) in [6.07, 6.45) is 11.4. The molecule has 0 aliphatic carbocycles. The summed E-state index contributed by atoms with van der Waals surface area (Å²) in [7, 11) is 1.44. The van der Waals surface area contributed by atoms with Gasteiger partial charge in [-0.25, -0.2) is 4.99 Å². The standard InChI is InChI=1S/C14H25NO2S/c1-17-14(16)11-9-7-5-3-2-4-6-8-10-12-15-13-18/h2-12H2,1H3. The molecule has 3 nitrogen and oxygen atoms in total. The molecule has 0 amide bonds. The molecule has 0 saturated carbocycles. The molecule has 0 N–H and O–H groups in total. The molecule has 0 heterocycles. The number of hydrogen-bond acceptors (Lipinski definition) is 4. The third kappa shape index (κ3) is 13.3. The van der Waals surface area contributed by atoms with Crippen molar-refractivity contribution in [2.24, 2.45) is 4.99 Å². The highest BCUT2D eigenvalue weighted by Gasteiger charge is 1.98. The smallest absolute Gasteiger partial charge is 0.305 e. The Hall–Kier alpha value is -0.730. The lowest BCUT2D eigenvalue weighted by atomic mass is 10.1. The van der Waals surface area contributed by atoms with E-state index < -0.39 is 0 Å². The van der Waals surface area contributed by atoms with Gasteiger partial charge in [-0.2, -0.15) is 0 Å². The zero-order chi connectivity index (χ0) is 13.5. The number of thiocarbonyl (C=S) groups is 1. The summed E-state index contributed by atoms with van der Waals surface area (Å²) >= 11 is 4.50. The maximum absolute atomic E-state index is 10.9. The van der Waals surface area contributed by atoms with Crippen LogP contribution >= 0.6 is 12.2 Å². The summed E-state index contributed by atoms with van der Waals surface area (Å²) < 4.78 is 4.59. The Bertz CT molecular complexity index is 250. The van der Waals surface area contributed by atoms with Crippen molar-refractivity contribution in [1.82, 2.24) is 0 Å². The van der Waals surface area contributed by atoms with Crippen LogP contribution in [0.4, 0.5) is 0 Å². The van der Waals surface area contributed by atoms with Gasteiger partial charge in [0.2, 0.25) is 0 Å². The second-order valence-electron chi connectivity index (χ2n) is 4.48. The lowest BCUT2D eigenvalue weighted by molar-refractivity contribution is -0.140. The minimum atomic E-state index is -0.0889. The monoisotopic (exact) mass is 271 g/mol. The maximum Gasteiger partial charge on any atom is 0.305 e. The number of isothiocyanates is 1. The first-order valence-corrected chi connectivity index (χ1v) is 7.32. The molecule has 0 atom stereocenters. The molecule has 0 bridgehead atoms. The molecular formula is C14H25NO2S. The van der Waals surface area contributed by atoms with Crippen LogP contribution in [-0.2, 0) is 9.53 Å². The maximum atomic E-state index is 10.9. The average molecular weight is 271 g/mol. The Morgan fingerprint density at radius 2 is 1.50 bits per heavy atom. The van der Waals surface area contributed by atoms with Crippen LogP contribution in [0.3, 0.4) is 0 Å². The molecule has 0 aromatic rings. The molecule has 0 aromatic carbocycles. The van der Waals surface area contributed by atoms with Crippen molar-refractivity contribution in [1.29, 1.82) is 0 Å². The van der Waals surface area contributed by atoms with Gasteiger partial charge in [-0.05, 0) is 25.1 Å². The first-order valence-electron chi connectivity index (χ1n) is 6.91. The summed E-state index contributed by atoms with van der Waals surface area (Å²) in [6.45, 7) is 0.830. The number of unbranched alkanes of at least 4 members (excludes halogenated alkanes) is 8. The van der Waals surface area contributed by atoms with E-state index >= 15 is 0 Å². The molecule has 0 aromatic heterocycles. The van der Waals surface area contributed by atoms with E-state index in [9.17, 15) is 4.79 Å². The van der Waals surface area contributed by atoms with Gasteiger partial charge in [0.1, 0.15) is 0 Å². The molecule has 0 aliphatic heterocycles. The number of ether oxygens (including phenoxy) is 1. The third-order valence-electron chi connectivity index (χ3n) is 2.94. The number of nitrogens with zero attached hydrogens (tertiary/aromatic N) is 1. The fourth-order valence-electron chi connectivity index (χ4n) is 1.85. The zero-order valence-electron chi connectivity index (χ0n) is 11.5. The van der Waals surface area contributed by atoms with Crippen molar-refractivity contribution in [3.8, 4) is 0 Å². The predicted molar refractivity (Wildman–Crippen MR) is 78.1 cm³/mol. The lowest BCUT2D eigenvalue weighted by Crippen LogP contribution is -1.99. The van der Waals surface area contributed by atoms with Gasteiger partial charge < -0.3 is 4.74 Å². The largest absolute Gasteiger partial charge is 0.469 e. The molecular weight excluding hydrogens is 246 g/mol. The van der Waals surface area contributed by atoms with E-state index in [4.69, 9.17) is 0 Å². The molecule has 104 valence electrons. The van der Waals surface area contributed by atoms with Gasteiger partial charge in [-0.3, -0.25) is 4.79 Å². The van der Waals surface area contributed by atoms with E-state index in [1.165, 1.54) is 45.6 Å². The van der Waals surface area contributed by atoms with E-state index in [1.54, 1.807) is 0 Å². The number of aliphatic imine (C=N–C) groups is 1. The Morgan fingerprint density at radius 3 is 2.00 bits per heavy atom. The van der Waals surface area contributed by atoms with Crippen LogP contribution in [0, 0.1) is 0 Å². The Morgan fingerprint density at radius 1 is 1.00 bits per heavy atom. The van der Waals surface area contributed by atoms with E-state index in [1.807, 2.05) is 0 Å². The van der Waals surface area contributed by atoms with Crippen LogP contribution in [0.5, 0.6) is 0 Å². The van der Waals surface area contributed by atoms with Crippen molar-refractivity contribution in [2.75, 3.05) is 13.7 Å². The molecule has 0 unspecified atom stereocenters. The highest BCUT2D eigenvalue weighted by Crippen LogP contribution is 2.10. The van der Waals surface area contributed by atoms with E-state index in [0.717, 1.165) is 25.8 Å². The van der Waals surface area contributed by atoms with E-state index in [2.05, 4.69) is 27.1 Å². The topological polar surface area (TPSA) is 38.7 Å². The average Bonchev–Trinajstić information content (AvgIpc) is 2.39. The van der Waals surface area contributed by atoms with Crippen LogP contribution in [-0.4, -0.2) is 24.8 Å². The summed E-state index contributed by atoms with van der Waals surface area (Å²) in [5.41, 5.74) is 0. The number of methoxy groups -OCH3 is 1. The van der Waals surface area contributed by atoms with Crippen molar-refractivity contribution >= 4 is 23.3 Å². The van der Waals surface area contributed by atoms with Crippen LogP contribution in [0.15, 0.2) is 4.99 Å². The van der Waals surface area contributed by atoms with Crippen molar-refractivity contribution in [2.45, 2.75) is 64.2 Å². The van der Waals surface area contributed by atoms with Crippen molar-refractivity contribution in [3.05, 3.63) is 0 Å². The van der Waals surface area contributed by atoms with Gasteiger partial charge in [-0.1, -0.05) is 44.9 Å².